The van der Waals surface area contributed by atoms with Crippen molar-refractivity contribution in [1.82, 2.24) is 9.55 Å². The monoisotopic (exact) mass is 342 g/mol. The molecule has 4 aromatic rings. The molecule has 0 bridgehead atoms. The maximum Gasteiger partial charge on any atom is 0.270 e. The SMILES string of the molecule is O=C(c1ccccc1)n1c(=O)c(-c2ccccc2)c(O)c2cccnc21. The molecule has 126 valence electrons. The number of aromatic nitrogens is 2. The number of rotatable bonds is 2. The van der Waals surface area contributed by atoms with Crippen LogP contribution in [-0.2, 0) is 0 Å². The zero-order valence-electron chi connectivity index (χ0n) is 13.7. The second kappa shape index (κ2) is 6.29. The number of benzene rings is 2. The van der Waals surface area contributed by atoms with Crippen molar-refractivity contribution in [2.24, 2.45) is 0 Å². The van der Waals surface area contributed by atoms with Gasteiger partial charge in [0.05, 0.1) is 10.9 Å². The van der Waals surface area contributed by atoms with E-state index in [-0.39, 0.29) is 17.0 Å². The molecule has 0 saturated heterocycles. The Hall–Kier alpha value is -3.73. The second-order valence-corrected chi connectivity index (χ2v) is 5.78. The second-order valence-electron chi connectivity index (χ2n) is 5.78. The highest BCUT2D eigenvalue weighted by atomic mass is 16.3. The third kappa shape index (κ3) is 2.46. The summed E-state index contributed by atoms with van der Waals surface area (Å²) in [4.78, 5) is 30.3. The zero-order chi connectivity index (χ0) is 18.1. The largest absolute Gasteiger partial charge is 0.506 e. The average Bonchev–Trinajstić information content (AvgIpc) is 2.69. The van der Waals surface area contributed by atoms with Gasteiger partial charge in [0.1, 0.15) is 5.75 Å². The van der Waals surface area contributed by atoms with Gasteiger partial charge in [-0.3, -0.25) is 9.59 Å². The molecule has 2 aromatic heterocycles. The number of fused-ring (bicyclic) bond motifs is 1. The van der Waals surface area contributed by atoms with E-state index < -0.39 is 11.5 Å². The van der Waals surface area contributed by atoms with Crippen molar-refractivity contribution in [1.29, 1.82) is 0 Å². The van der Waals surface area contributed by atoms with E-state index in [0.29, 0.717) is 16.5 Å². The fourth-order valence-corrected chi connectivity index (χ4v) is 2.97. The van der Waals surface area contributed by atoms with E-state index in [1.807, 2.05) is 6.07 Å². The lowest BCUT2D eigenvalue weighted by atomic mass is 10.0. The Bertz CT molecular complexity index is 1170. The Morgan fingerprint density at radius 2 is 1.54 bits per heavy atom. The van der Waals surface area contributed by atoms with Crippen LogP contribution in [0.25, 0.3) is 22.2 Å². The van der Waals surface area contributed by atoms with Gasteiger partial charge in [0, 0.05) is 11.8 Å². The molecule has 0 fully saturated rings. The van der Waals surface area contributed by atoms with Crippen LogP contribution < -0.4 is 5.56 Å². The molecule has 0 atom stereocenters. The summed E-state index contributed by atoms with van der Waals surface area (Å²) in [6, 6.07) is 20.6. The van der Waals surface area contributed by atoms with Gasteiger partial charge in [-0.1, -0.05) is 48.5 Å². The highest BCUT2D eigenvalue weighted by molar-refractivity contribution is 6.03. The molecule has 2 aromatic carbocycles. The number of nitrogens with zero attached hydrogens (tertiary/aromatic N) is 2. The van der Waals surface area contributed by atoms with Crippen molar-refractivity contribution >= 4 is 16.9 Å². The quantitative estimate of drug-likeness (QED) is 0.605. The number of carbonyl (C=O) groups is 1. The first-order valence-electron chi connectivity index (χ1n) is 8.06. The van der Waals surface area contributed by atoms with Gasteiger partial charge in [-0.15, -0.1) is 0 Å². The van der Waals surface area contributed by atoms with Gasteiger partial charge in [0.25, 0.3) is 11.5 Å². The van der Waals surface area contributed by atoms with Crippen molar-refractivity contribution in [3.05, 3.63) is 94.9 Å². The summed E-state index contributed by atoms with van der Waals surface area (Å²) < 4.78 is 1.02. The minimum absolute atomic E-state index is 0.0791. The molecule has 5 nitrogen and oxygen atoms in total. The van der Waals surface area contributed by atoms with Gasteiger partial charge < -0.3 is 5.11 Å². The Morgan fingerprint density at radius 1 is 0.885 bits per heavy atom. The van der Waals surface area contributed by atoms with E-state index in [9.17, 15) is 14.7 Å². The molecule has 0 radical (unpaired) electrons. The molecular weight excluding hydrogens is 328 g/mol. The molecule has 0 aliphatic carbocycles. The van der Waals surface area contributed by atoms with Crippen molar-refractivity contribution in [2.75, 3.05) is 0 Å². The molecule has 0 spiro atoms. The van der Waals surface area contributed by atoms with Gasteiger partial charge in [-0.05, 0) is 29.8 Å². The molecule has 0 aliphatic heterocycles. The predicted molar refractivity (Wildman–Crippen MR) is 99.3 cm³/mol. The van der Waals surface area contributed by atoms with Crippen LogP contribution in [-0.4, -0.2) is 20.6 Å². The Labute approximate surface area is 148 Å². The molecule has 5 heteroatoms. The smallest absolute Gasteiger partial charge is 0.270 e. The van der Waals surface area contributed by atoms with Gasteiger partial charge >= 0.3 is 0 Å². The molecule has 26 heavy (non-hydrogen) atoms. The molecular formula is C21H14N2O3. The molecule has 0 unspecified atom stereocenters. The summed E-state index contributed by atoms with van der Waals surface area (Å²) >= 11 is 0. The van der Waals surface area contributed by atoms with Gasteiger partial charge in [-0.25, -0.2) is 9.55 Å². The van der Waals surface area contributed by atoms with E-state index in [2.05, 4.69) is 4.98 Å². The van der Waals surface area contributed by atoms with Gasteiger partial charge in [-0.2, -0.15) is 0 Å². The van der Waals surface area contributed by atoms with Crippen LogP contribution in [0.1, 0.15) is 10.4 Å². The van der Waals surface area contributed by atoms with Crippen molar-refractivity contribution in [2.45, 2.75) is 0 Å². The van der Waals surface area contributed by atoms with E-state index in [1.54, 1.807) is 66.7 Å². The fraction of sp³-hybridized carbons (Fsp3) is 0. The molecule has 2 heterocycles. The first-order valence-corrected chi connectivity index (χ1v) is 8.06. The number of aromatic hydroxyl groups is 1. The van der Waals surface area contributed by atoms with Crippen LogP contribution in [0.2, 0.25) is 0 Å². The molecule has 1 N–H and O–H groups in total. The normalized spacial score (nSPS) is 10.8. The number of pyridine rings is 2. The van der Waals surface area contributed by atoms with Crippen molar-refractivity contribution in [3.8, 4) is 16.9 Å². The van der Waals surface area contributed by atoms with Crippen LogP contribution in [0.3, 0.4) is 0 Å². The summed E-state index contributed by atoms with van der Waals surface area (Å²) in [6.07, 6.45) is 1.48. The van der Waals surface area contributed by atoms with E-state index in [0.717, 1.165) is 4.57 Å². The third-order valence-electron chi connectivity index (χ3n) is 4.19. The van der Waals surface area contributed by atoms with Crippen molar-refractivity contribution in [3.63, 3.8) is 0 Å². The van der Waals surface area contributed by atoms with Crippen LogP contribution in [0.15, 0.2) is 83.8 Å². The first kappa shape index (κ1) is 15.8. The number of hydrogen-bond donors (Lipinski definition) is 1. The molecule has 4 rings (SSSR count). The third-order valence-corrected chi connectivity index (χ3v) is 4.19. The van der Waals surface area contributed by atoms with E-state index in [1.165, 1.54) is 6.20 Å². The summed E-state index contributed by atoms with van der Waals surface area (Å²) in [5.41, 5.74) is 0.509. The van der Waals surface area contributed by atoms with Crippen molar-refractivity contribution < 1.29 is 9.90 Å². The predicted octanol–water partition coefficient (Wildman–Crippen LogP) is 3.46. The summed E-state index contributed by atoms with van der Waals surface area (Å²) in [5, 5.41) is 11.0. The lowest BCUT2D eigenvalue weighted by molar-refractivity contribution is 0.0960. The Balaban J connectivity index is 2.10. The average molecular weight is 342 g/mol. The Kier molecular flexibility index (Phi) is 3.82. The highest BCUT2D eigenvalue weighted by Crippen LogP contribution is 2.32. The number of hydrogen-bond acceptors (Lipinski definition) is 4. The first-order chi connectivity index (χ1) is 12.7. The lowest BCUT2D eigenvalue weighted by Gasteiger charge is -2.13. The van der Waals surface area contributed by atoms with Crippen LogP contribution in [0.5, 0.6) is 5.75 Å². The number of carbonyl (C=O) groups excluding carboxylic acids is 1. The molecule has 0 aliphatic rings. The van der Waals surface area contributed by atoms with Crippen LogP contribution >= 0.6 is 0 Å². The maximum absolute atomic E-state index is 13.2. The maximum atomic E-state index is 13.2. The Morgan fingerprint density at radius 3 is 2.23 bits per heavy atom. The minimum Gasteiger partial charge on any atom is -0.506 e. The zero-order valence-corrected chi connectivity index (χ0v) is 13.7. The summed E-state index contributed by atoms with van der Waals surface area (Å²) in [5.74, 6) is -0.669. The molecule has 0 amide bonds. The fourth-order valence-electron chi connectivity index (χ4n) is 2.97. The summed E-state index contributed by atoms with van der Waals surface area (Å²) in [7, 11) is 0. The van der Waals surface area contributed by atoms with Crippen LogP contribution in [0, 0.1) is 0 Å². The van der Waals surface area contributed by atoms with Gasteiger partial charge in [0.2, 0.25) is 0 Å². The standard InChI is InChI=1S/C21H14N2O3/c24-18-16-12-7-13-22-19(16)23(20(25)15-10-5-2-6-11-15)21(26)17(18)14-8-3-1-4-9-14/h1-13,24H. The van der Waals surface area contributed by atoms with E-state index in [4.69, 9.17) is 0 Å². The van der Waals surface area contributed by atoms with E-state index >= 15 is 0 Å². The van der Waals surface area contributed by atoms with Crippen LogP contribution in [0.4, 0.5) is 0 Å². The highest BCUT2D eigenvalue weighted by Gasteiger charge is 2.22. The van der Waals surface area contributed by atoms with Gasteiger partial charge in [0.15, 0.2) is 5.65 Å². The topological polar surface area (TPSA) is 72.2 Å². The molecule has 0 saturated carbocycles. The summed E-state index contributed by atoms with van der Waals surface area (Å²) in [6.45, 7) is 0. The lowest BCUT2D eigenvalue weighted by Crippen LogP contribution is -2.29. The minimum atomic E-state index is -0.603.